The number of ketones is 1. The zero-order valence-electron chi connectivity index (χ0n) is 15.8. The van der Waals surface area contributed by atoms with Gasteiger partial charge in [0.25, 0.3) is 5.91 Å². The minimum atomic E-state index is -1.12. The van der Waals surface area contributed by atoms with Gasteiger partial charge in [0.15, 0.2) is 11.9 Å². The van der Waals surface area contributed by atoms with Gasteiger partial charge in [0.1, 0.15) is 11.6 Å². The molecule has 1 N–H and O–H groups in total. The Morgan fingerprint density at radius 1 is 1.03 bits per heavy atom. The smallest absolute Gasteiger partial charge is 0.375 e. The van der Waals surface area contributed by atoms with Gasteiger partial charge in [-0.15, -0.1) is 0 Å². The first-order valence-corrected chi connectivity index (χ1v) is 8.82. The monoisotopic (exact) mass is 395 g/mol. The van der Waals surface area contributed by atoms with E-state index in [1.807, 2.05) is 0 Å². The Hall–Kier alpha value is -3.74. The van der Waals surface area contributed by atoms with Crippen LogP contribution >= 0.6 is 0 Å². The lowest BCUT2D eigenvalue weighted by Gasteiger charge is -2.12. The highest BCUT2D eigenvalue weighted by molar-refractivity contribution is 5.97. The summed E-state index contributed by atoms with van der Waals surface area (Å²) in [5.74, 6) is -1.60. The summed E-state index contributed by atoms with van der Waals surface area (Å²) in [6, 6.07) is 15.2. The molecule has 1 heterocycles. The number of halogens is 1. The molecule has 0 bridgehead atoms. The van der Waals surface area contributed by atoms with Gasteiger partial charge in [0, 0.05) is 16.8 Å². The number of rotatable bonds is 6. The van der Waals surface area contributed by atoms with Crippen LogP contribution in [-0.4, -0.2) is 23.8 Å². The Morgan fingerprint density at radius 2 is 1.76 bits per heavy atom. The van der Waals surface area contributed by atoms with Gasteiger partial charge < -0.3 is 14.5 Å². The minimum Gasteiger partial charge on any atom is -0.449 e. The number of anilines is 1. The van der Waals surface area contributed by atoms with Crippen LogP contribution < -0.4 is 5.32 Å². The third-order valence-electron chi connectivity index (χ3n) is 4.13. The van der Waals surface area contributed by atoms with E-state index in [4.69, 9.17) is 9.15 Å². The van der Waals surface area contributed by atoms with E-state index in [1.54, 1.807) is 30.3 Å². The van der Waals surface area contributed by atoms with Crippen molar-refractivity contribution in [2.75, 3.05) is 5.32 Å². The molecule has 1 aromatic heterocycles. The fourth-order valence-corrected chi connectivity index (χ4v) is 2.55. The zero-order valence-corrected chi connectivity index (χ0v) is 15.8. The first kappa shape index (κ1) is 20.0. The third-order valence-corrected chi connectivity index (χ3v) is 4.13. The zero-order chi connectivity index (χ0) is 21.0. The number of hydrogen-bond acceptors (Lipinski definition) is 5. The topological polar surface area (TPSA) is 85.6 Å². The molecule has 6 nitrogen and oxygen atoms in total. The fourth-order valence-electron chi connectivity index (χ4n) is 2.55. The van der Waals surface area contributed by atoms with Crippen LogP contribution in [0.5, 0.6) is 0 Å². The molecule has 0 aliphatic rings. The van der Waals surface area contributed by atoms with Crippen molar-refractivity contribution in [3.05, 3.63) is 77.8 Å². The number of carbonyl (C=O) groups is 3. The molecular formula is C22H18FNO5. The molecule has 0 unspecified atom stereocenters. The number of ether oxygens (including phenoxy) is 1. The molecule has 0 radical (unpaired) electrons. The maximum atomic E-state index is 13.2. The summed E-state index contributed by atoms with van der Waals surface area (Å²) in [6.07, 6.45) is -1.12. The number of benzene rings is 2. The number of esters is 1. The highest BCUT2D eigenvalue weighted by Crippen LogP contribution is 2.23. The summed E-state index contributed by atoms with van der Waals surface area (Å²) in [5, 5.41) is 2.47. The number of Topliss-reactive ketones (excluding diaryl/α,β-unsaturated/α-hetero) is 1. The fraction of sp³-hybridized carbons (Fsp3) is 0.136. The number of nitrogens with one attached hydrogen (secondary N) is 1. The molecule has 148 valence electrons. The number of carbonyl (C=O) groups excluding carboxylic acids is 3. The summed E-state index contributed by atoms with van der Waals surface area (Å²) < 4.78 is 23.8. The van der Waals surface area contributed by atoms with Gasteiger partial charge in [-0.2, -0.15) is 0 Å². The predicted molar refractivity (Wildman–Crippen MR) is 104 cm³/mol. The van der Waals surface area contributed by atoms with Gasteiger partial charge in [-0.05, 0) is 44.2 Å². The second-order valence-electron chi connectivity index (χ2n) is 6.34. The van der Waals surface area contributed by atoms with Crippen LogP contribution in [0, 0.1) is 5.82 Å². The lowest BCUT2D eigenvalue weighted by atomic mass is 10.1. The Balaban J connectivity index is 1.63. The summed E-state index contributed by atoms with van der Waals surface area (Å²) in [4.78, 5) is 35.7. The van der Waals surface area contributed by atoms with Crippen molar-refractivity contribution in [1.29, 1.82) is 0 Å². The van der Waals surface area contributed by atoms with E-state index < -0.39 is 23.8 Å². The normalized spacial score (nSPS) is 11.6. The van der Waals surface area contributed by atoms with E-state index in [0.29, 0.717) is 16.9 Å². The van der Waals surface area contributed by atoms with E-state index in [9.17, 15) is 18.8 Å². The van der Waals surface area contributed by atoms with Gasteiger partial charge in [-0.1, -0.05) is 30.3 Å². The van der Waals surface area contributed by atoms with Crippen molar-refractivity contribution in [3.63, 3.8) is 0 Å². The van der Waals surface area contributed by atoms with Gasteiger partial charge in [-0.25, -0.2) is 9.18 Å². The molecule has 0 aliphatic carbocycles. The van der Waals surface area contributed by atoms with Crippen molar-refractivity contribution in [2.24, 2.45) is 0 Å². The molecule has 3 aromatic rings. The molecule has 0 saturated carbocycles. The second-order valence-corrected chi connectivity index (χ2v) is 6.34. The Kier molecular flexibility index (Phi) is 5.87. The van der Waals surface area contributed by atoms with Crippen LogP contribution in [0.15, 0.2) is 65.1 Å². The number of furan rings is 1. The average molecular weight is 395 g/mol. The third kappa shape index (κ3) is 4.95. The Morgan fingerprint density at radius 3 is 2.41 bits per heavy atom. The first-order chi connectivity index (χ1) is 13.8. The highest BCUT2D eigenvalue weighted by Gasteiger charge is 2.21. The van der Waals surface area contributed by atoms with E-state index in [2.05, 4.69) is 5.32 Å². The largest absolute Gasteiger partial charge is 0.449 e. The van der Waals surface area contributed by atoms with Crippen LogP contribution in [0.2, 0.25) is 0 Å². The molecule has 1 atom stereocenters. The maximum absolute atomic E-state index is 13.2. The van der Waals surface area contributed by atoms with Crippen molar-refractivity contribution in [1.82, 2.24) is 0 Å². The number of hydrogen-bond donors (Lipinski definition) is 1. The molecule has 0 saturated heterocycles. The quantitative estimate of drug-likeness (QED) is 0.492. The van der Waals surface area contributed by atoms with Crippen molar-refractivity contribution in [3.8, 4) is 11.3 Å². The molecule has 1 amide bonds. The molecule has 0 aliphatic heterocycles. The summed E-state index contributed by atoms with van der Waals surface area (Å²) in [5.41, 5.74) is 1.51. The van der Waals surface area contributed by atoms with Crippen molar-refractivity contribution >= 4 is 23.3 Å². The lowest BCUT2D eigenvalue weighted by molar-refractivity contribution is -0.123. The van der Waals surface area contributed by atoms with Gasteiger partial charge in [0.2, 0.25) is 5.76 Å². The van der Waals surface area contributed by atoms with Crippen molar-refractivity contribution < 1.29 is 27.9 Å². The predicted octanol–water partition coefficient (Wildman–Crippen LogP) is 4.47. The van der Waals surface area contributed by atoms with E-state index in [1.165, 1.54) is 38.1 Å². The Bertz CT molecular complexity index is 1060. The van der Waals surface area contributed by atoms with Gasteiger partial charge in [0.05, 0.1) is 0 Å². The van der Waals surface area contributed by atoms with Gasteiger partial charge >= 0.3 is 5.97 Å². The Labute approximate surface area is 166 Å². The van der Waals surface area contributed by atoms with E-state index >= 15 is 0 Å². The molecule has 3 rings (SSSR count). The summed E-state index contributed by atoms with van der Waals surface area (Å²) in [7, 11) is 0. The van der Waals surface area contributed by atoms with Crippen LogP contribution in [-0.2, 0) is 9.53 Å². The average Bonchev–Trinajstić information content (AvgIpc) is 3.18. The van der Waals surface area contributed by atoms with E-state index in [-0.39, 0.29) is 17.2 Å². The van der Waals surface area contributed by atoms with Crippen LogP contribution in [0.25, 0.3) is 11.3 Å². The first-order valence-electron chi connectivity index (χ1n) is 8.82. The molecule has 29 heavy (non-hydrogen) atoms. The minimum absolute atomic E-state index is 0.0502. The summed E-state index contributed by atoms with van der Waals surface area (Å²) >= 11 is 0. The maximum Gasteiger partial charge on any atom is 0.375 e. The summed E-state index contributed by atoms with van der Waals surface area (Å²) in [6.45, 7) is 2.87. The van der Waals surface area contributed by atoms with Gasteiger partial charge in [-0.3, -0.25) is 9.59 Å². The second kappa shape index (κ2) is 8.52. The molecular weight excluding hydrogens is 377 g/mol. The van der Waals surface area contributed by atoms with Crippen LogP contribution in [0.1, 0.15) is 34.8 Å². The van der Waals surface area contributed by atoms with Crippen LogP contribution in [0.4, 0.5) is 10.1 Å². The molecule has 0 spiro atoms. The highest BCUT2D eigenvalue weighted by atomic mass is 19.1. The lowest BCUT2D eigenvalue weighted by Crippen LogP contribution is -2.29. The molecule has 2 aromatic carbocycles. The van der Waals surface area contributed by atoms with Crippen molar-refractivity contribution in [2.45, 2.75) is 20.0 Å². The SMILES string of the molecule is CC(=O)c1ccc(-c2ccc(C(=O)O[C@H](C)C(=O)Nc3cccc(F)c3)o2)cc1. The van der Waals surface area contributed by atoms with E-state index in [0.717, 1.165) is 6.07 Å². The molecule has 7 heteroatoms. The number of amides is 1. The standard InChI is InChI=1S/C22H18FNO5/c1-13(25)15-6-8-16(9-7-15)19-10-11-20(29-19)22(27)28-14(2)21(26)24-18-5-3-4-17(23)12-18/h3-12,14H,1-2H3,(H,24,26)/t14-/m1/s1. The molecule has 0 fully saturated rings. The van der Waals surface area contributed by atoms with Crippen LogP contribution in [0.3, 0.4) is 0 Å².